The van der Waals surface area contributed by atoms with E-state index in [1.807, 2.05) is 31.2 Å². The highest BCUT2D eigenvalue weighted by Crippen LogP contribution is 2.13. The summed E-state index contributed by atoms with van der Waals surface area (Å²) in [7, 11) is 0. The van der Waals surface area contributed by atoms with Crippen molar-refractivity contribution >= 4 is 23.2 Å². The van der Waals surface area contributed by atoms with Crippen molar-refractivity contribution in [3.63, 3.8) is 0 Å². The third-order valence-corrected chi connectivity index (χ3v) is 3.20. The first-order chi connectivity index (χ1) is 10.2. The van der Waals surface area contributed by atoms with Crippen molar-refractivity contribution in [1.29, 1.82) is 0 Å². The van der Waals surface area contributed by atoms with Crippen LogP contribution < -0.4 is 10.6 Å². The van der Waals surface area contributed by atoms with E-state index in [2.05, 4.69) is 15.6 Å². The highest BCUT2D eigenvalue weighted by molar-refractivity contribution is 6.30. The molecule has 0 saturated heterocycles. The molecule has 5 heteroatoms. The lowest BCUT2D eigenvalue weighted by Crippen LogP contribution is -2.24. The fourth-order valence-corrected chi connectivity index (χ4v) is 1.93. The molecule has 2 rings (SSSR count). The van der Waals surface area contributed by atoms with Crippen LogP contribution in [-0.2, 0) is 6.54 Å². The predicted octanol–water partition coefficient (Wildman–Crippen LogP) is 3.49. The first-order valence-corrected chi connectivity index (χ1v) is 7.28. The molecule has 110 valence electrons. The van der Waals surface area contributed by atoms with Gasteiger partial charge >= 0.3 is 0 Å². The van der Waals surface area contributed by atoms with Gasteiger partial charge in [0.2, 0.25) is 0 Å². The van der Waals surface area contributed by atoms with Gasteiger partial charge in [0.25, 0.3) is 5.91 Å². The molecule has 0 fully saturated rings. The lowest BCUT2D eigenvalue weighted by atomic mass is 10.2. The van der Waals surface area contributed by atoms with Gasteiger partial charge in [-0.25, -0.2) is 0 Å². The lowest BCUT2D eigenvalue weighted by Gasteiger charge is -2.08. The van der Waals surface area contributed by atoms with Gasteiger partial charge in [0.1, 0.15) is 0 Å². The summed E-state index contributed by atoms with van der Waals surface area (Å²) in [5.41, 5.74) is 2.49. The number of hydrogen-bond acceptors (Lipinski definition) is 3. The highest BCUT2D eigenvalue weighted by atomic mass is 35.5. The summed E-state index contributed by atoms with van der Waals surface area (Å²) in [6.45, 7) is 3.34. The van der Waals surface area contributed by atoms with Crippen LogP contribution in [0.3, 0.4) is 0 Å². The topological polar surface area (TPSA) is 54.0 Å². The van der Waals surface area contributed by atoms with Crippen LogP contribution >= 0.6 is 11.6 Å². The molecular weight excluding hydrogens is 286 g/mol. The van der Waals surface area contributed by atoms with E-state index in [9.17, 15) is 4.79 Å². The number of hydrogen-bond donors (Lipinski definition) is 2. The molecule has 1 aromatic carbocycles. The van der Waals surface area contributed by atoms with Crippen LogP contribution in [0.4, 0.5) is 5.69 Å². The Bertz CT molecular complexity index is 599. The van der Waals surface area contributed by atoms with Gasteiger partial charge < -0.3 is 10.6 Å². The van der Waals surface area contributed by atoms with Crippen LogP contribution in [0.2, 0.25) is 5.02 Å². The minimum atomic E-state index is -0.0977. The number of carbonyl (C=O) groups is 1. The van der Waals surface area contributed by atoms with Crippen molar-refractivity contribution in [2.45, 2.75) is 19.9 Å². The molecule has 2 N–H and O–H groups in total. The quantitative estimate of drug-likeness (QED) is 0.859. The zero-order valence-corrected chi connectivity index (χ0v) is 12.7. The number of rotatable bonds is 6. The van der Waals surface area contributed by atoms with Crippen LogP contribution in [0.15, 0.2) is 42.7 Å². The Morgan fingerprint density at radius 3 is 2.71 bits per heavy atom. The number of halogens is 1. The largest absolute Gasteiger partial charge is 0.380 e. The summed E-state index contributed by atoms with van der Waals surface area (Å²) in [5.74, 6) is -0.0977. The molecule has 4 nitrogen and oxygen atoms in total. The van der Waals surface area contributed by atoms with Gasteiger partial charge in [-0.15, -0.1) is 0 Å². The van der Waals surface area contributed by atoms with Crippen LogP contribution in [-0.4, -0.2) is 17.4 Å². The van der Waals surface area contributed by atoms with Crippen LogP contribution in [0.1, 0.15) is 29.3 Å². The summed E-state index contributed by atoms with van der Waals surface area (Å²) in [5, 5.41) is 6.80. The normalized spacial score (nSPS) is 10.2. The van der Waals surface area contributed by atoms with E-state index in [0.29, 0.717) is 18.7 Å². The van der Waals surface area contributed by atoms with Crippen molar-refractivity contribution in [3.8, 4) is 0 Å². The Morgan fingerprint density at radius 1 is 1.24 bits per heavy atom. The molecule has 21 heavy (non-hydrogen) atoms. The second-order valence-corrected chi connectivity index (χ2v) is 5.13. The van der Waals surface area contributed by atoms with Gasteiger partial charge in [-0.3, -0.25) is 9.78 Å². The van der Waals surface area contributed by atoms with Crippen molar-refractivity contribution in [1.82, 2.24) is 10.3 Å². The number of amides is 1. The lowest BCUT2D eigenvalue weighted by molar-refractivity contribution is 0.0953. The number of nitrogens with one attached hydrogen (secondary N) is 2. The van der Waals surface area contributed by atoms with E-state index >= 15 is 0 Å². The van der Waals surface area contributed by atoms with Gasteiger partial charge in [0.05, 0.1) is 11.3 Å². The average molecular weight is 304 g/mol. The standard InChI is InChI=1S/C16H18ClN3O/c1-2-7-19-16(21)13-8-15(11-18-10-13)20-9-12-3-5-14(17)6-4-12/h3-6,8,10-11,20H,2,7,9H2,1H3,(H,19,21). The fraction of sp³-hybridized carbons (Fsp3) is 0.250. The minimum absolute atomic E-state index is 0.0977. The average Bonchev–Trinajstić information content (AvgIpc) is 2.52. The van der Waals surface area contributed by atoms with E-state index < -0.39 is 0 Å². The van der Waals surface area contributed by atoms with Crippen LogP contribution in [0.5, 0.6) is 0 Å². The maximum Gasteiger partial charge on any atom is 0.252 e. The number of pyridine rings is 1. The van der Waals surface area contributed by atoms with E-state index in [1.54, 1.807) is 18.5 Å². The maximum atomic E-state index is 11.9. The summed E-state index contributed by atoms with van der Waals surface area (Å²) in [4.78, 5) is 16.0. The van der Waals surface area contributed by atoms with E-state index in [0.717, 1.165) is 22.7 Å². The Morgan fingerprint density at radius 2 is 2.00 bits per heavy atom. The molecule has 0 bridgehead atoms. The molecule has 0 atom stereocenters. The van der Waals surface area contributed by atoms with Gasteiger partial charge in [-0.2, -0.15) is 0 Å². The molecule has 2 aromatic rings. The predicted molar refractivity (Wildman–Crippen MR) is 85.6 cm³/mol. The fourth-order valence-electron chi connectivity index (χ4n) is 1.81. The molecule has 0 spiro atoms. The summed E-state index contributed by atoms with van der Waals surface area (Å²) < 4.78 is 0. The van der Waals surface area contributed by atoms with Crippen molar-refractivity contribution in [2.24, 2.45) is 0 Å². The molecule has 0 aliphatic heterocycles. The van der Waals surface area contributed by atoms with Crippen LogP contribution in [0.25, 0.3) is 0 Å². The van der Waals surface area contributed by atoms with E-state index in [4.69, 9.17) is 11.6 Å². The Kier molecular flexibility index (Phi) is 5.58. The van der Waals surface area contributed by atoms with Gasteiger partial charge in [-0.05, 0) is 30.2 Å². The SMILES string of the molecule is CCCNC(=O)c1cncc(NCc2ccc(Cl)cc2)c1. The summed E-state index contributed by atoms with van der Waals surface area (Å²) in [6.07, 6.45) is 4.18. The molecule has 1 amide bonds. The van der Waals surface area contributed by atoms with Gasteiger partial charge in [0.15, 0.2) is 0 Å². The Hall–Kier alpha value is -2.07. The van der Waals surface area contributed by atoms with Crippen molar-refractivity contribution in [2.75, 3.05) is 11.9 Å². The number of benzene rings is 1. The summed E-state index contributed by atoms with van der Waals surface area (Å²) >= 11 is 5.85. The molecule has 0 aliphatic rings. The van der Waals surface area contributed by atoms with Gasteiger partial charge in [0, 0.05) is 30.5 Å². The van der Waals surface area contributed by atoms with E-state index in [-0.39, 0.29) is 5.91 Å². The third-order valence-electron chi connectivity index (χ3n) is 2.95. The number of nitrogens with zero attached hydrogens (tertiary/aromatic N) is 1. The molecule has 0 unspecified atom stereocenters. The molecule has 1 aromatic heterocycles. The Labute approximate surface area is 129 Å². The third kappa shape index (κ3) is 4.76. The maximum absolute atomic E-state index is 11.9. The highest BCUT2D eigenvalue weighted by Gasteiger charge is 2.05. The first-order valence-electron chi connectivity index (χ1n) is 6.90. The number of anilines is 1. The Balaban J connectivity index is 1.97. The minimum Gasteiger partial charge on any atom is -0.380 e. The second-order valence-electron chi connectivity index (χ2n) is 4.70. The van der Waals surface area contributed by atoms with Crippen molar-refractivity contribution in [3.05, 3.63) is 58.9 Å². The smallest absolute Gasteiger partial charge is 0.252 e. The number of aromatic nitrogens is 1. The zero-order chi connectivity index (χ0) is 15.1. The first kappa shape index (κ1) is 15.3. The number of carbonyl (C=O) groups excluding carboxylic acids is 1. The molecule has 0 radical (unpaired) electrons. The molecular formula is C16H18ClN3O. The van der Waals surface area contributed by atoms with Crippen molar-refractivity contribution < 1.29 is 4.79 Å². The molecule has 1 heterocycles. The molecule has 0 aliphatic carbocycles. The van der Waals surface area contributed by atoms with Crippen LogP contribution in [0, 0.1) is 0 Å². The second kappa shape index (κ2) is 7.64. The summed E-state index contributed by atoms with van der Waals surface area (Å²) in [6, 6.07) is 9.42. The van der Waals surface area contributed by atoms with Gasteiger partial charge in [-0.1, -0.05) is 30.7 Å². The van der Waals surface area contributed by atoms with E-state index in [1.165, 1.54) is 0 Å². The molecule has 0 saturated carbocycles. The zero-order valence-electron chi connectivity index (χ0n) is 11.9. The monoisotopic (exact) mass is 303 g/mol.